The minimum Gasteiger partial charge on any atom is -0.508 e. The lowest BCUT2D eigenvalue weighted by molar-refractivity contribution is -0.147. The predicted octanol–water partition coefficient (Wildman–Crippen LogP) is -2.28. The molecule has 2 rings (SSSR count). The van der Waals surface area contributed by atoms with E-state index in [1.54, 1.807) is 0 Å². The van der Waals surface area contributed by atoms with E-state index >= 15 is 0 Å². The maximum atomic E-state index is 13.3. The van der Waals surface area contributed by atoms with Gasteiger partial charge in [-0.3, -0.25) is 24.0 Å². The van der Waals surface area contributed by atoms with Gasteiger partial charge < -0.3 is 47.1 Å². The van der Waals surface area contributed by atoms with Crippen molar-refractivity contribution in [2.75, 3.05) is 0 Å². The van der Waals surface area contributed by atoms with Gasteiger partial charge in [-0.2, -0.15) is 0 Å². The molecule has 0 spiro atoms. The number of H-pyrrole nitrogens is 1. The lowest BCUT2D eigenvalue weighted by Gasteiger charge is -2.25. The number of carbonyl (C=O) groups excluding carboxylic acids is 3. The third-order valence-corrected chi connectivity index (χ3v) is 5.35. The van der Waals surface area contributed by atoms with E-state index in [1.165, 1.54) is 36.8 Å². The number of hydrogen-bond acceptors (Lipinski definition) is 9. The molecular weight excluding hydrogens is 520 g/mol. The van der Waals surface area contributed by atoms with Crippen LogP contribution >= 0.6 is 0 Å². The Hall–Kier alpha value is -4.99. The summed E-state index contributed by atoms with van der Waals surface area (Å²) in [4.78, 5) is 78.7. The second-order valence-electron chi connectivity index (χ2n) is 8.48. The van der Waals surface area contributed by atoms with E-state index in [1.807, 2.05) is 0 Å². The molecule has 0 aliphatic rings. The van der Waals surface area contributed by atoms with E-state index in [-0.39, 0.29) is 18.6 Å². The number of benzene rings is 1. The molecule has 2 aromatic rings. The Labute approximate surface area is 220 Å². The van der Waals surface area contributed by atoms with Gasteiger partial charge >= 0.3 is 17.9 Å². The van der Waals surface area contributed by atoms with Gasteiger partial charge in [0.1, 0.15) is 23.9 Å². The lowest BCUT2D eigenvalue weighted by atomic mass is 10.0. The Morgan fingerprint density at radius 2 is 1.33 bits per heavy atom. The second kappa shape index (κ2) is 14.1. The fourth-order valence-corrected chi connectivity index (χ4v) is 3.38. The number of phenolic OH excluding ortho intramolecular Hbond substituents is 1. The first-order valence-corrected chi connectivity index (χ1v) is 11.4. The fourth-order valence-electron chi connectivity index (χ4n) is 3.38. The maximum Gasteiger partial charge on any atom is 0.326 e. The number of hydrogen-bond donors (Lipinski definition) is 9. The molecule has 1 aromatic heterocycles. The number of carbonyl (C=O) groups is 6. The summed E-state index contributed by atoms with van der Waals surface area (Å²) in [5.41, 5.74) is 6.43. The van der Waals surface area contributed by atoms with Crippen molar-refractivity contribution in [1.29, 1.82) is 0 Å². The van der Waals surface area contributed by atoms with E-state index in [9.17, 15) is 39.0 Å². The molecule has 0 saturated carbocycles. The van der Waals surface area contributed by atoms with Crippen LogP contribution in [0.2, 0.25) is 0 Å². The Balaban J connectivity index is 2.30. The Kier molecular flexibility index (Phi) is 10.9. The van der Waals surface area contributed by atoms with Crippen LogP contribution in [-0.4, -0.2) is 90.2 Å². The Bertz CT molecular complexity index is 1180. The van der Waals surface area contributed by atoms with Crippen molar-refractivity contribution in [3.05, 3.63) is 48.0 Å². The molecular formula is C23H28N6O10. The predicted molar refractivity (Wildman–Crippen MR) is 130 cm³/mol. The Morgan fingerprint density at radius 1 is 0.795 bits per heavy atom. The van der Waals surface area contributed by atoms with Crippen LogP contribution in [0.5, 0.6) is 5.75 Å². The first kappa shape index (κ1) is 30.2. The first-order valence-electron chi connectivity index (χ1n) is 11.4. The van der Waals surface area contributed by atoms with Crippen molar-refractivity contribution in [2.24, 2.45) is 5.73 Å². The number of aliphatic carboxylic acids is 3. The minimum atomic E-state index is -1.80. The first-order chi connectivity index (χ1) is 18.3. The summed E-state index contributed by atoms with van der Waals surface area (Å²) < 4.78 is 0. The molecule has 10 N–H and O–H groups in total. The minimum absolute atomic E-state index is 0.0729. The SMILES string of the molecule is NC(CC(=O)O)C(=O)NC(Cc1cnc[nH]1)C(=O)NC(Cc1ccc(O)cc1)C(=O)NC(CC(=O)O)C(=O)O. The van der Waals surface area contributed by atoms with Crippen LogP contribution < -0.4 is 21.7 Å². The van der Waals surface area contributed by atoms with E-state index in [0.29, 0.717) is 11.3 Å². The van der Waals surface area contributed by atoms with Crippen molar-refractivity contribution >= 4 is 35.6 Å². The van der Waals surface area contributed by atoms with Gasteiger partial charge in [-0.25, -0.2) is 9.78 Å². The number of phenols is 1. The summed E-state index contributed by atoms with van der Waals surface area (Å²) in [6.45, 7) is 0. The molecule has 0 saturated heterocycles. The summed E-state index contributed by atoms with van der Waals surface area (Å²) >= 11 is 0. The molecule has 0 aliphatic heterocycles. The number of nitrogens with one attached hydrogen (secondary N) is 4. The maximum absolute atomic E-state index is 13.3. The fraction of sp³-hybridized carbons (Fsp3) is 0.348. The number of rotatable bonds is 15. The van der Waals surface area contributed by atoms with E-state index < -0.39 is 72.6 Å². The van der Waals surface area contributed by atoms with Crippen LogP contribution in [0.25, 0.3) is 0 Å². The molecule has 0 aliphatic carbocycles. The zero-order chi connectivity index (χ0) is 29.1. The monoisotopic (exact) mass is 548 g/mol. The molecule has 39 heavy (non-hydrogen) atoms. The summed E-state index contributed by atoms with van der Waals surface area (Å²) in [6.07, 6.45) is 0.671. The highest BCUT2D eigenvalue weighted by Gasteiger charge is 2.32. The number of nitrogens with two attached hydrogens (primary N) is 1. The van der Waals surface area contributed by atoms with Gasteiger partial charge in [0.15, 0.2) is 0 Å². The standard InChI is InChI=1S/C23H28N6O10/c24-14(7-18(31)32)20(35)27-16(6-12-9-25-10-26-12)22(37)28-15(5-11-1-3-13(30)4-2-11)21(36)29-17(23(38)39)8-19(33)34/h1-4,9-10,14-17,30H,5-8,24H2,(H,25,26)(H,27,35)(H,28,37)(H,29,36)(H,31,32)(H,33,34)(H,38,39). The summed E-state index contributed by atoms with van der Waals surface area (Å²) in [6, 6.07) is -0.575. The van der Waals surface area contributed by atoms with Gasteiger partial charge in [0.25, 0.3) is 0 Å². The number of imidazole rings is 1. The normalized spacial score (nSPS) is 13.8. The van der Waals surface area contributed by atoms with E-state index in [0.717, 1.165) is 0 Å². The average Bonchev–Trinajstić information content (AvgIpc) is 3.36. The Morgan fingerprint density at radius 3 is 1.85 bits per heavy atom. The molecule has 1 aromatic carbocycles. The van der Waals surface area contributed by atoms with Gasteiger partial charge in [-0.05, 0) is 17.7 Å². The van der Waals surface area contributed by atoms with Crippen LogP contribution in [0.4, 0.5) is 0 Å². The second-order valence-corrected chi connectivity index (χ2v) is 8.48. The molecule has 0 bridgehead atoms. The molecule has 16 heteroatoms. The average molecular weight is 549 g/mol. The van der Waals surface area contributed by atoms with Crippen molar-refractivity contribution in [2.45, 2.75) is 49.9 Å². The quantitative estimate of drug-likeness (QED) is 0.114. The van der Waals surface area contributed by atoms with Crippen molar-refractivity contribution in [3.63, 3.8) is 0 Å². The molecule has 0 radical (unpaired) electrons. The molecule has 3 amide bonds. The zero-order valence-electron chi connectivity index (χ0n) is 20.4. The number of carboxylic acids is 3. The number of aromatic hydroxyl groups is 1. The van der Waals surface area contributed by atoms with Gasteiger partial charge in [0, 0.05) is 24.7 Å². The number of aromatic nitrogens is 2. The third-order valence-electron chi connectivity index (χ3n) is 5.35. The number of carboxylic acid groups (broad SMARTS) is 3. The van der Waals surface area contributed by atoms with E-state index in [4.69, 9.17) is 15.9 Å². The molecule has 4 atom stereocenters. The number of nitrogens with zero attached hydrogens (tertiary/aromatic N) is 1. The largest absolute Gasteiger partial charge is 0.508 e. The van der Waals surface area contributed by atoms with Crippen LogP contribution in [-0.2, 0) is 41.6 Å². The van der Waals surface area contributed by atoms with Crippen LogP contribution in [0, 0.1) is 0 Å². The lowest BCUT2D eigenvalue weighted by Crippen LogP contribution is -2.58. The molecule has 0 fully saturated rings. The molecule has 1 heterocycles. The van der Waals surface area contributed by atoms with Gasteiger partial charge in [-0.1, -0.05) is 12.1 Å². The smallest absolute Gasteiger partial charge is 0.326 e. The third kappa shape index (κ3) is 10.1. The summed E-state index contributed by atoms with van der Waals surface area (Å²) in [5.74, 6) is -7.41. The highest BCUT2D eigenvalue weighted by atomic mass is 16.4. The van der Waals surface area contributed by atoms with Crippen molar-refractivity contribution in [3.8, 4) is 5.75 Å². The van der Waals surface area contributed by atoms with Crippen LogP contribution in [0.3, 0.4) is 0 Å². The van der Waals surface area contributed by atoms with Gasteiger partial charge in [0.2, 0.25) is 17.7 Å². The van der Waals surface area contributed by atoms with Crippen LogP contribution in [0.1, 0.15) is 24.1 Å². The van der Waals surface area contributed by atoms with Crippen molar-refractivity contribution in [1.82, 2.24) is 25.9 Å². The molecule has 4 unspecified atom stereocenters. The van der Waals surface area contributed by atoms with Crippen LogP contribution in [0.15, 0.2) is 36.8 Å². The highest BCUT2D eigenvalue weighted by Crippen LogP contribution is 2.12. The van der Waals surface area contributed by atoms with E-state index in [2.05, 4.69) is 25.9 Å². The molecule has 16 nitrogen and oxygen atoms in total. The van der Waals surface area contributed by atoms with Crippen molar-refractivity contribution < 1.29 is 49.2 Å². The highest BCUT2D eigenvalue weighted by molar-refractivity contribution is 5.95. The molecule has 210 valence electrons. The summed E-state index contributed by atoms with van der Waals surface area (Å²) in [7, 11) is 0. The topological polar surface area (TPSA) is 274 Å². The zero-order valence-corrected chi connectivity index (χ0v) is 20.4. The van der Waals surface area contributed by atoms with Gasteiger partial charge in [-0.15, -0.1) is 0 Å². The van der Waals surface area contributed by atoms with Gasteiger partial charge in [0.05, 0.1) is 25.2 Å². The number of amides is 3. The number of aromatic amines is 1. The summed E-state index contributed by atoms with van der Waals surface area (Å²) in [5, 5.41) is 43.5.